The molecular weight excluding hydrogens is 292 g/mol. The van der Waals surface area contributed by atoms with Crippen molar-refractivity contribution in [2.24, 2.45) is 0 Å². The summed E-state index contributed by atoms with van der Waals surface area (Å²) >= 11 is 0. The Labute approximate surface area is 134 Å². The van der Waals surface area contributed by atoms with Crippen molar-refractivity contribution in [3.8, 4) is 0 Å². The molecule has 5 nitrogen and oxygen atoms in total. The van der Waals surface area contributed by atoms with Crippen LogP contribution in [0.1, 0.15) is 27.1 Å². The molecule has 2 aromatic carbocycles. The van der Waals surface area contributed by atoms with Gasteiger partial charge in [-0.25, -0.2) is 0 Å². The molecule has 2 N–H and O–H groups in total. The molecule has 0 spiro atoms. The molecule has 1 fully saturated rings. The number of nitrogens with zero attached hydrogens (tertiary/aromatic N) is 1. The smallest absolute Gasteiger partial charge is 0.255 e. The van der Waals surface area contributed by atoms with Crippen LogP contribution in [0.15, 0.2) is 54.6 Å². The number of carbonyl (C=O) groups excluding carboxylic acids is 2. The predicted molar refractivity (Wildman–Crippen MR) is 87.4 cm³/mol. The first kappa shape index (κ1) is 15.2. The Bertz CT molecular complexity index is 698. The minimum absolute atomic E-state index is 0.0949. The fourth-order valence-electron chi connectivity index (χ4n) is 2.60. The zero-order chi connectivity index (χ0) is 16.2. The predicted octanol–water partition coefficient (Wildman–Crippen LogP) is 2.15. The molecule has 118 valence electrons. The van der Waals surface area contributed by atoms with E-state index in [1.807, 2.05) is 6.07 Å². The molecule has 0 aliphatic carbocycles. The molecule has 0 saturated carbocycles. The van der Waals surface area contributed by atoms with Gasteiger partial charge in [-0.1, -0.05) is 18.2 Å². The van der Waals surface area contributed by atoms with Crippen molar-refractivity contribution in [2.45, 2.75) is 12.5 Å². The maximum atomic E-state index is 12.3. The van der Waals surface area contributed by atoms with E-state index in [1.165, 1.54) is 0 Å². The van der Waals surface area contributed by atoms with Crippen molar-refractivity contribution < 1.29 is 14.7 Å². The van der Waals surface area contributed by atoms with Gasteiger partial charge in [-0.15, -0.1) is 0 Å². The molecule has 3 rings (SSSR count). The third-order valence-electron chi connectivity index (χ3n) is 3.88. The molecule has 0 bridgehead atoms. The molecule has 2 aromatic rings. The summed E-state index contributed by atoms with van der Waals surface area (Å²) in [6.45, 7) is 0.956. The maximum Gasteiger partial charge on any atom is 0.255 e. The number of aliphatic hydroxyl groups is 1. The normalized spacial score (nSPS) is 17.1. The van der Waals surface area contributed by atoms with Crippen LogP contribution in [0.25, 0.3) is 0 Å². The number of amides is 2. The summed E-state index contributed by atoms with van der Waals surface area (Å²) in [5.74, 6) is -0.283. The Morgan fingerprint density at radius 3 is 2.30 bits per heavy atom. The Morgan fingerprint density at radius 2 is 1.70 bits per heavy atom. The van der Waals surface area contributed by atoms with Crippen molar-refractivity contribution in [1.82, 2.24) is 4.90 Å². The van der Waals surface area contributed by atoms with Gasteiger partial charge in [0.2, 0.25) is 0 Å². The lowest BCUT2D eigenvalue weighted by molar-refractivity contribution is 0.0765. The average Bonchev–Trinajstić information content (AvgIpc) is 3.02. The maximum absolute atomic E-state index is 12.3. The number of anilines is 1. The van der Waals surface area contributed by atoms with Crippen LogP contribution in [-0.2, 0) is 0 Å². The number of hydrogen-bond donors (Lipinski definition) is 2. The fraction of sp³-hybridized carbons (Fsp3) is 0.222. The second-order valence-corrected chi connectivity index (χ2v) is 5.59. The SMILES string of the molecule is O=C(Nc1ccc(C(=O)N2CC[C@@H](O)C2)cc1)c1ccccc1. The standard InChI is InChI=1S/C18H18N2O3/c21-16-10-11-20(12-16)18(23)14-6-8-15(9-7-14)19-17(22)13-4-2-1-3-5-13/h1-9,16,21H,10-12H2,(H,19,22)/t16-/m1/s1. The number of rotatable bonds is 3. The van der Waals surface area contributed by atoms with Gasteiger partial charge in [0.15, 0.2) is 0 Å². The highest BCUT2D eigenvalue weighted by Crippen LogP contribution is 2.16. The molecule has 5 heteroatoms. The average molecular weight is 310 g/mol. The van der Waals surface area contributed by atoms with E-state index in [0.717, 1.165) is 0 Å². The summed E-state index contributed by atoms with van der Waals surface area (Å²) in [5, 5.41) is 12.3. The molecule has 1 atom stereocenters. The van der Waals surface area contributed by atoms with Crippen LogP contribution in [0.4, 0.5) is 5.69 Å². The molecule has 0 unspecified atom stereocenters. The van der Waals surface area contributed by atoms with E-state index in [1.54, 1.807) is 53.4 Å². The van der Waals surface area contributed by atoms with Gasteiger partial charge in [0.25, 0.3) is 11.8 Å². The van der Waals surface area contributed by atoms with Gasteiger partial charge in [0, 0.05) is 29.9 Å². The third-order valence-corrected chi connectivity index (χ3v) is 3.88. The number of likely N-dealkylation sites (tertiary alicyclic amines) is 1. The number of β-amino-alcohol motifs (C(OH)–C–C–N with tert-alkyl or cyclic N) is 1. The van der Waals surface area contributed by atoms with E-state index in [0.29, 0.717) is 36.3 Å². The lowest BCUT2D eigenvalue weighted by Gasteiger charge is -2.15. The first-order chi connectivity index (χ1) is 11.1. The monoisotopic (exact) mass is 310 g/mol. The van der Waals surface area contributed by atoms with Gasteiger partial charge >= 0.3 is 0 Å². The van der Waals surface area contributed by atoms with Gasteiger partial charge in [-0.2, -0.15) is 0 Å². The first-order valence-corrected chi connectivity index (χ1v) is 7.57. The van der Waals surface area contributed by atoms with E-state index < -0.39 is 6.10 Å². The number of hydrogen-bond acceptors (Lipinski definition) is 3. The fourth-order valence-corrected chi connectivity index (χ4v) is 2.60. The molecule has 0 aromatic heterocycles. The number of carbonyl (C=O) groups is 2. The van der Waals surface area contributed by atoms with E-state index in [4.69, 9.17) is 0 Å². The van der Waals surface area contributed by atoms with Crippen molar-refractivity contribution in [2.75, 3.05) is 18.4 Å². The molecular formula is C18H18N2O3. The summed E-state index contributed by atoms with van der Waals surface area (Å²) in [7, 11) is 0. The van der Waals surface area contributed by atoms with E-state index >= 15 is 0 Å². The van der Waals surface area contributed by atoms with Crippen LogP contribution in [0.5, 0.6) is 0 Å². The lowest BCUT2D eigenvalue weighted by atomic mass is 10.1. The third kappa shape index (κ3) is 3.57. The summed E-state index contributed by atoms with van der Waals surface area (Å²) in [5.41, 5.74) is 1.77. The van der Waals surface area contributed by atoms with Crippen LogP contribution >= 0.6 is 0 Å². The van der Waals surface area contributed by atoms with E-state index in [-0.39, 0.29) is 11.8 Å². The Morgan fingerprint density at radius 1 is 1.00 bits per heavy atom. The van der Waals surface area contributed by atoms with Gasteiger partial charge in [0.05, 0.1) is 6.10 Å². The van der Waals surface area contributed by atoms with Gasteiger partial charge in [-0.3, -0.25) is 9.59 Å². The van der Waals surface area contributed by atoms with Crippen molar-refractivity contribution in [3.05, 3.63) is 65.7 Å². The molecule has 1 aliphatic heterocycles. The first-order valence-electron chi connectivity index (χ1n) is 7.57. The van der Waals surface area contributed by atoms with E-state index in [9.17, 15) is 14.7 Å². The van der Waals surface area contributed by atoms with Crippen LogP contribution < -0.4 is 5.32 Å². The van der Waals surface area contributed by atoms with Crippen LogP contribution in [-0.4, -0.2) is 41.0 Å². The Hall–Kier alpha value is -2.66. The minimum atomic E-state index is -0.427. The number of benzene rings is 2. The second kappa shape index (κ2) is 6.62. The summed E-state index contributed by atoms with van der Waals surface area (Å²) in [4.78, 5) is 26.0. The summed E-state index contributed by atoms with van der Waals surface area (Å²) < 4.78 is 0. The lowest BCUT2D eigenvalue weighted by Crippen LogP contribution is -2.29. The zero-order valence-corrected chi connectivity index (χ0v) is 12.6. The quantitative estimate of drug-likeness (QED) is 0.912. The Kier molecular flexibility index (Phi) is 4.39. The molecule has 1 aliphatic rings. The second-order valence-electron chi connectivity index (χ2n) is 5.59. The van der Waals surface area contributed by atoms with Crippen LogP contribution in [0, 0.1) is 0 Å². The van der Waals surface area contributed by atoms with Gasteiger partial charge < -0.3 is 15.3 Å². The van der Waals surface area contributed by atoms with Crippen molar-refractivity contribution >= 4 is 17.5 Å². The molecule has 2 amide bonds. The highest BCUT2D eigenvalue weighted by Gasteiger charge is 2.25. The van der Waals surface area contributed by atoms with Crippen molar-refractivity contribution in [3.63, 3.8) is 0 Å². The van der Waals surface area contributed by atoms with Crippen LogP contribution in [0.3, 0.4) is 0 Å². The highest BCUT2D eigenvalue weighted by atomic mass is 16.3. The zero-order valence-electron chi connectivity index (χ0n) is 12.6. The topological polar surface area (TPSA) is 69.6 Å². The molecule has 0 radical (unpaired) electrons. The number of aliphatic hydroxyl groups excluding tert-OH is 1. The minimum Gasteiger partial charge on any atom is -0.391 e. The molecule has 1 heterocycles. The van der Waals surface area contributed by atoms with Gasteiger partial charge in [0.1, 0.15) is 0 Å². The van der Waals surface area contributed by atoms with E-state index in [2.05, 4.69) is 5.32 Å². The molecule has 1 saturated heterocycles. The van der Waals surface area contributed by atoms with Crippen molar-refractivity contribution in [1.29, 1.82) is 0 Å². The van der Waals surface area contributed by atoms with Crippen LogP contribution in [0.2, 0.25) is 0 Å². The highest BCUT2D eigenvalue weighted by molar-refractivity contribution is 6.04. The Balaban J connectivity index is 1.65. The largest absolute Gasteiger partial charge is 0.391 e. The summed E-state index contributed by atoms with van der Waals surface area (Å²) in [6.07, 6.45) is 0.195. The molecule has 23 heavy (non-hydrogen) atoms. The van der Waals surface area contributed by atoms with Gasteiger partial charge in [-0.05, 0) is 42.8 Å². The number of nitrogens with one attached hydrogen (secondary N) is 1. The summed E-state index contributed by atoms with van der Waals surface area (Å²) in [6, 6.07) is 15.7.